The predicted octanol–water partition coefficient (Wildman–Crippen LogP) is 5.15. The van der Waals surface area contributed by atoms with E-state index >= 15 is 0 Å². The van der Waals surface area contributed by atoms with Gasteiger partial charge < -0.3 is 20.7 Å². The number of amides is 3. The zero-order valence-corrected chi connectivity index (χ0v) is 17.7. The second-order valence-corrected chi connectivity index (χ2v) is 7.34. The maximum absolute atomic E-state index is 13.3. The molecule has 0 aliphatic carbocycles. The first-order chi connectivity index (χ1) is 15.2. The summed E-state index contributed by atoms with van der Waals surface area (Å²) >= 11 is 0. The van der Waals surface area contributed by atoms with Crippen LogP contribution in [0.3, 0.4) is 0 Å². The van der Waals surface area contributed by atoms with Crippen molar-refractivity contribution >= 4 is 17.6 Å². The lowest BCUT2D eigenvalue weighted by molar-refractivity contribution is -0.137. The summed E-state index contributed by atoms with van der Waals surface area (Å²) in [6, 6.07) is 10.2. The zero-order valence-electron chi connectivity index (χ0n) is 17.7. The lowest BCUT2D eigenvalue weighted by Gasteiger charge is -2.29. The largest absolute Gasteiger partial charge is 0.494 e. The molecule has 0 unspecified atom stereocenters. The summed E-state index contributed by atoms with van der Waals surface area (Å²) in [5.74, 6) is -0.103. The van der Waals surface area contributed by atoms with Gasteiger partial charge in [0.1, 0.15) is 5.75 Å². The molecule has 0 saturated heterocycles. The molecular formula is C23H24F3N3O3. The van der Waals surface area contributed by atoms with Gasteiger partial charge in [0.2, 0.25) is 0 Å². The van der Waals surface area contributed by atoms with Gasteiger partial charge in [-0.2, -0.15) is 13.2 Å². The number of hydrogen-bond acceptors (Lipinski definition) is 3. The fraction of sp³-hybridized carbons (Fsp3) is 0.304. The minimum atomic E-state index is -4.63. The first-order valence-electron chi connectivity index (χ1n) is 10.2. The SMILES string of the molecule is CCCCOc1ccc([C@H]2NC(=O)NC(C)=C2C(=O)Nc2ccccc2C(F)(F)F)cc1. The molecule has 9 heteroatoms. The van der Waals surface area contributed by atoms with E-state index in [1.165, 1.54) is 25.1 Å². The van der Waals surface area contributed by atoms with Gasteiger partial charge in [-0.3, -0.25) is 4.79 Å². The van der Waals surface area contributed by atoms with Gasteiger partial charge in [0.05, 0.1) is 29.5 Å². The van der Waals surface area contributed by atoms with Crippen molar-refractivity contribution in [2.75, 3.05) is 11.9 Å². The Kier molecular flexibility index (Phi) is 7.07. The van der Waals surface area contributed by atoms with E-state index in [-0.39, 0.29) is 17.0 Å². The van der Waals surface area contributed by atoms with Gasteiger partial charge in [-0.05, 0) is 43.2 Å². The highest BCUT2D eigenvalue weighted by molar-refractivity contribution is 6.07. The topological polar surface area (TPSA) is 79.5 Å². The van der Waals surface area contributed by atoms with Gasteiger partial charge in [0.25, 0.3) is 5.91 Å². The van der Waals surface area contributed by atoms with Crippen molar-refractivity contribution in [3.63, 3.8) is 0 Å². The smallest absolute Gasteiger partial charge is 0.418 e. The number of hydrogen-bond donors (Lipinski definition) is 3. The normalized spacial score (nSPS) is 16.3. The van der Waals surface area contributed by atoms with Gasteiger partial charge in [-0.1, -0.05) is 37.6 Å². The van der Waals surface area contributed by atoms with Gasteiger partial charge in [0.15, 0.2) is 0 Å². The van der Waals surface area contributed by atoms with Crippen LogP contribution in [0.5, 0.6) is 5.75 Å². The Bertz CT molecular complexity index is 1020. The van der Waals surface area contributed by atoms with Crippen molar-refractivity contribution in [2.24, 2.45) is 0 Å². The number of anilines is 1. The molecule has 3 rings (SSSR count). The molecule has 3 amide bonds. The Morgan fingerprint density at radius 2 is 1.81 bits per heavy atom. The molecule has 1 heterocycles. The van der Waals surface area contributed by atoms with Crippen LogP contribution in [0.15, 0.2) is 59.8 Å². The van der Waals surface area contributed by atoms with Gasteiger partial charge >= 0.3 is 12.2 Å². The van der Waals surface area contributed by atoms with Crippen LogP contribution in [0.1, 0.15) is 43.9 Å². The molecule has 0 spiro atoms. The standard InChI is InChI=1S/C23H24F3N3O3/c1-3-4-13-32-16-11-9-15(10-12-16)20-19(14(2)27-22(31)29-20)21(30)28-18-8-6-5-7-17(18)23(24,25)26/h5-12,20H,3-4,13H2,1-2H3,(H,28,30)(H2,27,29,31)/t20-/m1/s1. The molecule has 32 heavy (non-hydrogen) atoms. The van der Waals surface area contributed by atoms with Crippen LogP contribution in [0.25, 0.3) is 0 Å². The van der Waals surface area contributed by atoms with Crippen LogP contribution in [-0.4, -0.2) is 18.5 Å². The number of benzene rings is 2. The lowest BCUT2D eigenvalue weighted by atomic mass is 9.94. The summed E-state index contributed by atoms with van der Waals surface area (Å²) in [4.78, 5) is 25.1. The molecule has 1 aliphatic rings. The number of nitrogens with one attached hydrogen (secondary N) is 3. The molecule has 1 aliphatic heterocycles. The van der Waals surface area contributed by atoms with E-state index in [1.807, 2.05) is 0 Å². The van der Waals surface area contributed by atoms with Gasteiger partial charge in [-0.25, -0.2) is 4.79 Å². The molecule has 0 radical (unpaired) electrons. The second kappa shape index (κ2) is 9.76. The number of unbranched alkanes of at least 4 members (excludes halogenated alkanes) is 1. The van der Waals surface area contributed by atoms with Gasteiger partial charge in [-0.15, -0.1) is 0 Å². The minimum absolute atomic E-state index is 0.112. The molecule has 2 aromatic rings. The Morgan fingerprint density at radius 3 is 2.47 bits per heavy atom. The Balaban J connectivity index is 1.87. The first-order valence-corrected chi connectivity index (χ1v) is 10.2. The maximum atomic E-state index is 13.3. The van der Waals surface area contributed by atoms with Gasteiger partial charge in [0, 0.05) is 5.70 Å². The van der Waals surface area contributed by atoms with Crippen molar-refractivity contribution in [3.8, 4) is 5.75 Å². The van der Waals surface area contributed by atoms with Crippen LogP contribution in [-0.2, 0) is 11.0 Å². The number of para-hydroxylation sites is 1. The Morgan fingerprint density at radius 1 is 1.12 bits per heavy atom. The fourth-order valence-electron chi connectivity index (χ4n) is 3.36. The van der Waals surface area contributed by atoms with Crippen LogP contribution in [0.2, 0.25) is 0 Å². The molecular weight excluding hydrogens is 423 g/mol. The van der Waals surface area contributed by atoms with E-state index in [0.717, 1.165) is 18.9 Å². The molecule has 0 bridgehead atoms. The van der Waals surface area contributed by atoms with Crippen molar-refractivity contribution in [3.05, 3.63) is 70.9 Å². The number of rotatable bonds is 7. The van der Waals surface area contributed by atoms with Crippen molar-refractivity contribution in [2.45, 2.75) is 38.9 Å². The maximum Gasteiger partial charge on any atom is 0.418 e. The Hall–Kier alpha value is -3.49. The highest BCUT2D eigenvalue weighted by atomic mass is 19.4. The first kappa shape index (κ1) is 23.2. The predicted molar refractivity (Wildman–Crippen MR) is 114 cm³/mol. The molecule has 170 valence electrons. The third-order valence-electron chi connectivity index (χ3n) is 4.97. The summed E-state index contributed by atoms with van der Waals surface area (Å²) in [5, 5.41) is 7.52. The van der Waals surface area contributed by atoms with Crippen LogP contribution >= 0.6 is 0 Å². The van der Waals surface area contributed by atoms with Crippen molar-refractivity contribution in [1.29, 1.82) is 0 Å². The summed E-state index contributed by atoms with van der Waals surface area (Å²) in [5.41, 5.74) is -0.355. The number of alkyl halides is 3. The summed E-state index contributed by atoms with van der Waals surface area (Å²) in [6.45, 7) is 4.16. The summed E-state index contributed by atoms with van der Waals surface area (Å²) in [7, 11) is 0. The van der Waals surface area contributed by atoms with Crippen LogP contribution in [0.4, 0.5) is 23.7 Å². The molecule has 3 N–H and O–H groups in total. The van der Waals surface area contributed by atoms with Crippen LogP contribution in [0, 0.1) is 0 Å². The quantitative estimate of drug-likeness (QED) is 0.514. The number of carbonyl (C=O) groups is 2. The fourth-order valence-corrected chi connectivity index (χ4v) is 3.36. The molecule has 0 fully saturated rings. The minimum Gasteiger partial charge on any atom is -0.494 e. The molecule has 0 aromatic heterocycles. The number of allylic oxidation sites excluding steroid dienone is 1. The van der Waals surface area contributed by atoms with Crippen molar-refractivity contribution < 1.29 is 27.5 Å². The monoisotopic (exact) mass is 447 g/mol. The summed E-state index contributed by atoms with van der Waals surface area (Å²) < 4.78 is 45.6. The van der Waals surface area contributed by atoms with E-state index in [0.29, 0.717) is 17.9 Å². The third kappa shape index (κ3) is 5.40. The number of urea groups is 1. The molecule has 0 saturated carbocycles. The molecule has 6 nitrogen and oxygen atoms in total. The zero-order chi connectivity index (χ0) is 23.3. The Labute approximate surface area is 183 Å². The summed E-state index contributed by atoms with van der Waals surface area (Å²) in [6.07, 6.45) is -2.71. The van der Waals surface area contributed by atoms with Crippen molar-refractivity contribution in [1.82, 2.24) is 10.6 Å². The van der Waals surface area contributed by atoms with E-state index in [1.54, 1.807) is 24.3 Å². The van der Waals surface area contributed by atoms with E-state index in [9.17, 15) is 22.8 Å². The number of ether oxygens (including phenoxy) is 1. The van der Waals surface area contributed by atoms with E-state index in [2.05, 4.69) is 22.9 Å². The van der Waals surface area contributed by atoms with Crippen LogP contribution < -0.4 is 20.7 Å². The average molecular weight is 447 g/mol. The second-order valence-electron chi connectivity index (χ2n) is 7.34. The lowest BCUT2D eigenvalue weighted by Crippen LogP contribution is -2.46. The van der Waals surface area contributed by atoms with E-state index < -0.39 is 29.7 Å². The highest BCUT2D eigenvalue weighted by Gasteiger charge is 2.35. The number of carbonyl (C=O) groups excluding carboxylic acids is 2. The third-order valence-corrected chi connectivity index (χ3v) is 4.97. The highest BCUT2D eigenvalue weighted by Crippen LogP contribution is 2.35. The number of halogens is 3. The average Bonchev–Trinajstić information content (AvgIpc) is 2.73. The molecule has 2 aromatic carbocycles. The molecule has 1 atom stereocenters. The van der Waals surface area contributed by atoms with E-state index in [4.69, 9.17) is 4.74 Å².